The Morgan fingerprint density at radius 1 is 1.25 bits per heavy atom. The van der Waals surface area contributed by atoms with Gasteiger partial charge in [0.05, 0.1) is 0 Å². The fourth-order valence-electron chi connectivity index (χ4n) is 2.06. The smallest absolute Gasteiger partial charge is 0.125 e. The molecule has 2 atom stereocenters. The van der Waals surface area contributed by atoms with Gasteiger partial charge in [-0.3, -0.25) is 0 Å². The first-order valence-corrected chi connectivity index (χ1v) is 6.52. The Labute approximate surface area is 99.6 Å². The van der Waals surface area contributed by atoms with Crippen LogP contribution < -0.4 is 11.5 Å². The number of nitrogen functional groups attached to an aromatic ring is 1. The van der Waals surface area contributed by atoms with E-state index < -0.39 is 0 Å². The molecule has 88 valence electrons. The standard InChI is InChI=1S/C12H17FN2S/c13-8-5-6-12(10(15)7-8)16-11-4-2-1-3-9(11)14/h5-7,9,11H,1-4,14-15H2. The van der Waals surface area contributed by atoms with Crippen LogP contribution in [0.15, 0.2) is 23.1 Å². The Morgan fingerprint density at radius 2 is 2.00 bits per heavy atom. The SMILES string of the molecule is Nc1cc(F)ccc1SC1CCCCC1N. The maximum Gasteiger partial charge on any atom is 0.125 e. The van der Waals surface area contributed by atoms with Gasteiger partial charge in [0.25, 0.3) is 0 Å². The van der Waals surface area contributed by atoms with Gasteiger partial charge in [0.1, 0.15) is 5.82 Å². The molecule has 4 heteroatoms. The monoisotopic (exact) mass is 240 g/mol. The van der Waals surface area contributed by atoms with E-state index >= 15 is 0 Å². The first kappa shape index (κ1) is 11.7. The zero-order valence-corrected chi connectivity index (χ0v) is 9.97. The topological polar surface area (TPSA) is 52.0 Å². The van der Waals surface area contributed by atoms with Crippen LogP contribution in [0.1, 0.15) is 25.7 Å². The van der Waals surface area contributed by atoms with Gasteiger partial charge < -0.3 is 11.5 Å². The van der Waals surface area contributed by atoms with E-state index in [-0.39, 0.29) is 11.9 Å². The highest BCUT2D eigenvalue weighted by Crippen LogP contribution is 2.35. The van der Waals surface area contributed by atoms with E-state index in [4.69, 9.17) is 11.5 Å². The van der Waals surface area contributed by atoms with Gasteiger partial charge in [-0.05, 0) is 31.0 Å². The number of thioether (sulfide) groups is 1. The van der Waals surface area contributed by atoms with Crippen LogP contribution in [0, 0.1) is 5.82 Å². The average Bonchev–Trinajstić information content (AvgIpc) is 2.25. The molecule has 0 aliphatic heterocycles. The van der Waals surface area contributed by atoms with Crippen molar-refractivity contribution in [2.75, 3.05) is 5.73 Å². The summed E-state index contributed by atoms with van der Waals surface area (Å²) in [5, 5.41) is 0.418. The number of benzene rings is 1. The van der Waals surface area contributed by atoms with Gasteiger partial charge in [-0.25, -0.2) is 4.39 Å². The molecule has 4 N–H and O–H groups in total. The van der Waals surface area contributed by atoms with Crippen molar-refractivity contribution < 1.29 is 4.39 Å². The molecule has 2 unspecified atom stereocenters. The number of nitrogens with two attached hydrogens (primary N) is 2. The molecule has 1 aliphatic rings. The van der Waals surface area contributed by atoms with Crippen molar-refractivity contribution in [3.05, 3.63) is 24.0 Å². The summed E-state index contributed by atoms with van der Waals surface area (Å²) in [5.74, 6) is -0.283. The molecule has 2 nitrogen and oxygen atoms in total. The van der Waals surface area contributed by atoms with Gasteiger partial charge in [-0.1, -0.05) is 12.8 Å². The van der Waals surface area contributed by atoms with Gasteiger partial charge in [0.2, 0.25) is 0 Å². The molecule has 1 fully saturated rings. The highest BCUT2D eigenvalue weighted by Gasteiger charge is 2.23. The second-order valence-electron chi connectivity index (χ2n) is 4.29. The van der Waals surface area contributed by atoms with Gasteiger partial charge in [-0.15, -0.1) is 11.8 Å². The van der Waals surface area contributed by atoms with Gasteiger partial charge >= 0.3 is 0 Å². The Kier molecular flexibility index (Phi) is 3.71. The number of hydrogen-bond acceptors (Lipinski definition) is 3. The van der Waals surface area contributed by atoms with Crippen LogP contribution in [0.3, 0.4) is 0 Å². The molecule has 0 radical (unpaired) electrons. The molecule has 0 spiro atoms. The van der Waals surface area contributed by atoms with Crippen molar-refractivity contribution in [3.8, 4) is 0 Å². The Morgan fingerprint density at radius 3 is 2.69 bits per heavy atom. The number of rotatable bonds is 2. The zero-order chi connectivity index (χ0) is 11.5. The molecule has 16 heavy (non-hydrogen) atoms. The van der Waals surface area contributed by atoms with E-state index in [1.807, 2.05) is 0 Å². The lowest BCUT2D eigenvalue weighted by Crippen LogP contribution is -2.35. The van der Waals surface area contributed by atoms with Crippen LogP contribution in [0.2, 0.25) is 0 Å². The number of anilines is 1. The molecule has 0 aromatic heterocycles. The van der Waals surface area contributed by atoms with Crippen molar-refractivity contribution in [2.45, 2.75) is 41.9 Å². The fourth-order valence-corrected chi connectivity index (χ4v) is 3.32. The molecule has 1 aliphatic carbocycles. The summed E-state index contributed by atoms with van der Waals surface area (Å²) in [6, 6.07) is 4.81. The Balaban J connectivity index is 2.07. The highest BCUT2D eigenvalue weighted by molar-refractivity contribution is 8.00. The van der Waals surface area contributed by atoms with Crippen molar-refractivity contribution in [2.24, 2.45) is 5.73 Å². The third-order valence-corrected chi connectivity index (χ3v) is 4.52. The molecule has 0 heterocycles. The van der Waals surface area contributed by atoms with E-state index in [9.17, 15) is 4.39 Å². The second kappa shape index (κ2) is 5.06. The van der Waals surface area contributed by atoms with Crippen LogP contribution in [0.25, 0.3) is 0 Å². The summed E-state index contributed by atoms with van der Waals surface area (Å²) in [6.07, 6.45) is 4.66. The lowest BCUT2D eigenvalue weighted by Gasteiger charge is -2.28. The van der Waals surface area contributed by atoms with Crippen LogP contribution >= 0.6 is 11.8 Å². The predicted molar refractivity (Wildman–Crippen MR) is 66.9 cm³/mol. The summed E-state index contributed by atoms with van der Waals surface area (Å²) >= 11 is 1.69. The van der Waals surface area contributed by atoms with E-state index in [0.717, 1.165) is 17.7 Å². The molecule has 1 saturated carbocycles. The first-order chi connectivity index (χ1) is 7.66. The molecule has 1 aromatic carbocycles. The van der Waals surface area contributed by atoms with Crippen LogP contribution in [-0.4, -0.2) is 11.3 Å². The van der Waals surface area contributed by atoms with E-state index in [1.54, 1.807) is 17.8 Å². The zero-order valence-electron chi connectivity index (χ0n) is 9.16. The van der Waals surface area contributed by atoms with E-state index in [2.05, 4.69) is 0 Å². The Bertz CT molecular complexity index is 370. The maximum atomic E-state index is 12.9. The summed E-state index contributed by atoms with van der Waals surface area (Å²) < 4.78 is 12.9. The molecular weight excluding hydrogens is 223 g/mol. The quantitative estimate of drug-likeness (QED) is 0.782. The Hall–Kier alpha value is -0.740. The molecule has 0 amide bonds. The number of halogens is 1. The molecule has 1 aromatic rings. The third kappa shape index (κ3) is 2.68. The molecule has 0 bridgehead atoms. The summed E-state index contributed by atoms with van der Waals surface area (Å²) in [6.45, 7) is 0. The predicted octanol–water partition coefficient (Wildman–Crippen LogP) is 2.77. The summed E-state index contributed by atoms with van der Waals surface area (Å²) in [7, 11) is 0. The normalized spacial score (nSPS) is 25.6. The van der Waals surface area contributed by atoms with Crippen molar-refractivity contribution in [3.63, 3.8) is 0 Å². The lowest BCUT2D eigenvalue weighted by molar-refractivity contribution is 0.453. The summed E-state index contributed by atoms with van der Waals surface area (Å²) in [4.78, 5) is 0.948. The van der Waals surface area contributed by atoms with Crippen molar-refractivity contribution in [1.29, 1.82) is 0 Å². The first-order valence-electron chi connectivity index (χ1n) is 5.64. The minimum Gasteiger partial charge on any atom is -0.398 e. The molecule has 2 rings (SSSR count). The van der Waals surface area contributed by atoms with Crippen LogP contribution in [-0.2, 0) is 0 Å². The molecular formula is C12H17FN2S. The minimum atomic E-state index is -0.283. The van der Waals surface area contributed by atoms with Crippen molar-refractivity contribution in [1.82, 2.24) is 0 Å². The molecule has 0 saturated heterocycles. The van der Waals surface area contributed by atoms with E-state index in [0.29, 0.717) is 10.9 Å². The van der Waals surface area contributed by atoms with Crippen molar-refractivity contribution >= 4 is 17.4 Å². The maximum absolute atomic E-state index is 12.9. The second-order valence-corrected chi connectivity index (χ2v) is 5.57. The fraction of sp³-hybridized carbons (Fsp3) is 0.500. The van der Waals surface area contributed by atoms with Gasteiger partial charge in [-0.2, -0.15) is 0 Å². The summed E-state index contributed by atoms with van der Waals surface area (Å²) in [5.41, 5.74) is 12.4. The van der Waals surface area contributed by atoms with Crippen LogP contribution in [0.5, 0.6) is 0 Å². The third-order valence-electron chi connectivity index (χ3n) is 3.00. The average molecular weight is 240 g/mol. The van der Waals surface area contributed by atoms with Gasteiger partial charge in [0, 0.05) is 21.9 Å². The highest BCUT2D eigenvalue weighted by atomic mass is 32.2. The number of hydrogen-bond donors (Lipinski definition) is 2. The largest absolute Gasteiger partial charge is 0.398 e. The minimum absolute atomic E-state index is 0.239. The van der Waals surface area contributed by atoms with Crippen LogP contribution in [0.4, 0.5) is 10.1 Å². The lowest BCUT2D eigenvalue weighted by atomic mass is 9.96. The van der Waals surface area contributed by atoms with E-state index in [1.165, 1.54) is 25.0 Å². The van der Waals surface area contributed by atoms with Gasteiger partial charge in [0.15, 0.2) is 0 Å².